The van der Waals surface area contributed by atoms with Crippen LogP contribution in [0.25, 0.3) is 144 Å². The van der Waals surface area contributed by atoms with E-state index in [9.17, 15) is 0 Å². The van der Waals surface area contributed by atoms with Crippen LogP contribution in [-0.4, -0.2) is 9.13 Å². The minimum Gasteiger partial charge on any atom is -0.311 e. The Balaban J connectivity index is 0.000000162. The molecule has 2 unspecified atom stereocenters. The van der Waals surface area contributed by atoms with Gasteiger partial charge in [-0.05, 0) is 270 Å². The van der Waals surface area contributed by atoms with E-state index in [2.05, 4.69) is 496 Å². The van der Waals surface area contributed by atoms with Crippen LogP contribution in [-0.2, 0) is 0 Å². The maximum absolute atomic E-state index is 2.40. The first kappa shape index (κ1) is 75.2. The number of benzene rings is 18. The Labute approximate surface area is 704 Å². The van der Waals surface area contributed by atoms with E-state index in [4.69, 9.17) is 0 Å². The SMILES string of the molecule is CCC(C)c1ccc(-c2ccc3c(c2)c2cc(-c4ccc(-c5ccc(N(c6ccc(-c7ccccc7)cc6)c6ccc(-c7ccccc7)cc6)cc5)cc4)ccc2n3-c2ccccc2)cc1.CCC(C)c1ccc(-c2ccc3c(c2)c2cc(-c4ccc(-c5ccc(N(c6ccccc6)c6ccccc6)cc5)cc4)ccc2n3-c2ccccc2)cc1. The van der Waals surface area contributed by atoms with Crippen molar-refractivity contribution in [1.29, 1.82) is 0 Å². The standard InChI is InChI=1S/C64H50N2.C52H42N2/c1-3-45(2)46-19-21-53(22-20-46)55-33-41-63-61(43-55)62-44-56(34-42-64(62)66(63)57-17-11-6-12-18-57)54-25-23-49(24-26-54)52-31-39-60(40-32-52)65(58-35-27-50(28-36-58)47-13-7-4-8-14-47)59-37-29-51(30-38-59)48-15-9-5-10-16-48;1-3-37(2)38-19-21-41(22-20-38)43-29-33-51-49(35-43)50-36-44(30-34-52(50)54(51)47-17-11-6-12-18-47)42-25-23-39(24-26-42)40-27-31-48(32-28-40)53(45-13-7-4-8-14-45)46-15-9-5-10-16-46/h4-45H,3H2,1-2H3;4-37H,3H2,1-2H3. The van der Waals surface area contributed by atoms with Crippen LogP contribution in [0.4, 0.5) is 34.1 Å². The second-order valence-corrected chi connectivity index (χ2v) is 31.5. The lowest BCUT2D eigenvalue weighted by Gasteiger charge is -2.26. The van der Waals surface area contributed by atoms with E-state index in [1.807, 2.05) is 0 Å². The van der Waals surface area contributed by atoms with Crippen LogP contribution in [0.15, 0.2) is 449 Å². The molecule has 20 rings (SSSR count). The highest BCUT2D eigenvalue weighted by molar-refractivity contribution is 6.13. The second kappa shape index (κ2) is 33.8. The Bertz CT molecular complexity index is 6770. The fourth-order valence-electron chi connectivity index (χ4n) is 17.2. The molecular formula is C116H92N4. The van der Waals surface area contributed by atoms with Gasteiger partial charge in [0.1, 0.15) is 0 Å². The van der Waals surface area contributed by atoms with Gasteiger partial charge in [0.05, 0.1) is 22.1 Å². The number of anilines is 6. The van der Waals surface area contributed by atoms with Gasteiger partial charge < -0.3 is 18.9 Å². The Morgan fingerprint density at radius 2 is 0.358 bits per heavy atom. The van der Waals surface area contributed by atoms with Gasteiger partial charge in [-0.1, -0.05) is 331 Å². The molecule has 0 spiro atoms. The van der Waals surface area contributed by atoms with Crippen molar-refractivity contribution < 1.29 is 0 Å². The number of para-hydroxylation sites is 4. The normalized spacial score (nSPS) is 11.8. The summed E-state index contributed by atoms with van der Waals surface area (Å²) in [5.74, 6) is 1.12. The van der Waals surface area contributed by atoms with Gasteiger partial charge in [-0.15, -0.1) is 0 Å². The third-order valence-electron chi connectivity index (χ3n) is 24.3. The summed E-state index contributed by atoms with van der Waals surface area (Å²) in [6.07, 6.45) is 2.28. The van der Waals surface area contributed by atoms with Gasteiger partial charge in [0, 0.05) is 67.0 Å². The molecule has 0 bridgehead atoms. The lowest BCUT2D eigenvalue weighted by atomic mass is 9.95. The molecule has 4 nitrogen and oxygen atoms in total. The first-order valence-corrected chi connectivity index (χ1v) is 42.1. The van der Waals surface area contributed by atoms with Crippen LogP contribution < -0.4 is 9.80 Å². The molecule has 0 aliphatic rings. The zero-order valence-electron chi connectivity index (χ0n) is 68.1. The number of nitrogens with zero attached hydrogens (tertiary/aromatic N) is 4. The van der Waals surface area contributed by atoms with Crippen LogP contribution >= 0.6 is 0 Å². The quantitative estimate of drug-likeness (QED) is 0.0756. The molecule has 576 valence electrons. The Hall–Kier alpha value is -14.8. The molecule has 0 fully saturated rings. The first-order valence-electron chi connectivity index (χ1n) is 42.1. The van der Waals surface area contributed by atoms with Crippen molar-refractivity contribution in [2.24, 2.45) is 0 Å². The highest BCUT2D eigenvalue weighted by Gasteiger charge is 2.21. The predicted octanol–water partition coefficient (Wildman–Crippen LogP) is 32.9. The number of fused-ring (bicyclic) bond motifs is 6. The highest BCUT2D eigenvalue weighted by atomic mass is 15.1. The smallest absolute Gasteiger partial charge is 0.0541 e. The van der Waals surface area contributed by atoms with Gasteiger partial charge in [0.25, 0.3) is 0 Å². The van der Waals surface area contributed by atoms with E-state index in [0.717, 1.165) is 52.7 Å². The Morgan fingerprint density at radius 3 is 0.592 bits per heavy atom. The van der Waals surface area contributed by atoms with E-state index in [1.165, 1.54) is 149 Å². The number of aromatic nitrogens is 2. The summed E-state index contributed by atoms with van der Waals surface area (Å²) in [6, 6.07) is 163. The summed E-state index contributed by atoms with van der Waals surface area (Å²) in [5.41, 5.74) is 36.0. The third kappa shape index (κ3) is 15.3. The summed E-state index contributed by atoms with van der Waals surface area (Å²) < 4.78 is 4.80. The summed E-state index contributed by atoms with van der Waals surface area (Å²) in [4.78, 5) is 4.64. The second-order valence-electron chi connectivity index (χ2n) is 31.5. The number of rotatable bonds is 20. The summed E-state index contributed by atoms with van der Waals surface area (Å²) >= 11 is 0. The molecule has 0 aliphatic carbocycles. The third-order valence-corrected chi connectivity index (χ3v) is 24.3. The number of hydrogen-bond acceptors (Lipinski definition) is 2. The molecular weight excluding hydrogens is 1450 g/mol. The van der Waals surface area contributed by atoms with Crippen LogP contribution in [0.2, 0.25) is 0 Å². The number of hydrogen-bond donors (Lipinski definition) is 0. The summed E-state index contributed by atoms with van der Waals surface area (Å²) in [5, 5.41) is 5.02. The highest BCUT2D eigenvalue weighted by Crippen LogP contribution is 2.44. The van der Waals surface area contributed by atoms with Crippen molar-refractivity contribution in [3.63, 3.8) is 0 Å². The molecule has 2 aromatic heterocycles. The van der Waals surface area contributed by atoms with Gasteiger partial charge in [-0.25, -0.2) is 0 Å². The van der Waals surface area contributed by atoms with E-state index < -0.39 is 0 Å². The van der Waals surface area contributed by atoms with Crippen LogP contribution in [0.1, 0.15) is 63.5 Å². The summed E-state index contributed by atoms with van der Waals surface area (Å²) in [6.45, 7) is 9.11. The van der Waals surface area contributed by atoms with Crippen molar-refractivity contribution in [1.82, 2.24) is 9.13 Å². The molecule has 0 amide bonds. The van der Waals surface area contributed by atoms with Gasteiger partial charge in [-0.2, -0.15) is 0 Å². The average molecular weight is 1540 g/mol. The molecule has 4 heteroatoms. The van der Waals surface area contributed by atoms with Crippen LogP contribution in [0.5, 0.6) is 0 Å². The zero-order valence-corrected chi connectivity index (χ0v) is 68.1. The molecule has 0 aliphatic heterocycles. The van der Waals surface area contributed by atoms with Crippen molar-refractivity contribution >= 4 is 77.7 Å². The van der Waals surface area contributed by atoms with E-state index in [-0.39, 0.29) is 0 Å². The summed E-state index contributed by atoms with van der Waals surface area (Å²) in [7, 11) is 0. The molecule has 0 saturated heterocycles. The van der Waals surface area contributed by atoms with Crippen LogP contribution in [0, 0.1) is 0 Å². The lowest BCUT2D eigenvalue weighted by molar-refractivity contribution is 0.734. The topological polar surface area (TPSA) is 16.3 Å². The maximum Gasteiger partial charge on any atom is 0.0541 e. The Morgan fingerprint density at radius 1 is 0.183 bits per heavy atom. The molecule has 0 saturated carbocycles. The molecule has 2 heterocycles. The van der Waals surface area contributed by atoms with Gasteiger partial charge in [0.2, 0.25) is 0 Å². The predicted molar refractivity (Wildman–Crippen MR) is 512 cm³/mol. The molecule has 2 atom stereocenters. The lowest BCUT2D eigenvalue weighted by Crippen LogP contribution is -2.09. The molecule has 18 aromatic carbocycles. The van der Waals surface area contributed by atoms with E-state index in [1.54, 1.807) is 0 Å². The molecule has 0 N–H and O–H groups in total. The fourth-order valence-corrected chi connectivity index (χ4v) is 17.2. The van der Waals surface area contributed by atoms with Gasteiger partial charge >= 0.3 is 0 Å². The van der Waals surface area contributed by atoms with E-state index >= 15 is 0 Å². The molecule has 0 radical (unpaired) electrons. The Kier molecular flexibility index (Phi) is 21.2. The van der Waals surface area contributed by atoms with Crippen molar-refractivity contribution in [2.45, 2.75) is 52.4 Å². The zero-order chi connectivity index (χ0) is 80.8. The first-order chi connectivity index (χ1) is 59.2. The minimum atomic E-state index is 0.555. The fraction of sp³-hybridized carbons (Fsp3) is 0.0690. The monoisotopic (exact) mass is 1540 g/mol. The van der Waals surface area contributed by atoms with Gasteiger partial charge in [0.15, 0.2) is 0 Å². The largest absolute Gasteiger partial charge is 0.311 e. The molecule has 20 aromatic rings. The average Bonchev–Trinajstić information content (AvgIpc) is 1.59. The van der Waals surface area contributed by atoms with Crippen molar-refractivity contribution in [3.05, 3.63) is 460 Å². The van der Waals surface area contributed by atoms with Crippen molar-refractivity contribution in [2.75, 3.05) is 9.80 Å². The van der Waals surface area contributed by atoms with Crippen molar-refractivity contribution in [3.8, 4) is 100 Å². The minimum absolute atomic E-state index is 0.555. The van der Waals surface area contributed by atoms with Crippen LogP contribution in [0.3, 0.4) is 0 Å². The van der Waals surface area contributed by atoms with Gasteiger partial charge in [-0.3, -0.25) is 0 Å². The molecule has 120 heavy (non-hydrogen) atoms. The maximum atomic E-state index is 2.40. The van der Waals surface area contributed by atoms with E-state index in [0.29, 0.717) is 11.8 Å².